The minimum Gasteiger partial charge on any atom is -0.493 e. The molecule has 1 aromatic rings. The molecule has 1 aliphatic rings. The van der Waals surface area contributed by atoms with Crippen molar-refractivity contribution in [1.82, 2.24) is 10.2 Å². The second-order valence-electron chi connectivity index (χ2n) is 6.87. The highest BCUT2D eigenvalue weighted by Gasteiger charge is 2.28. The van der Waals surface area contributed by atoms with Crippen LogP contribution in [-0.4, -0.2) is 77.1 Å². The van der Waals surface area contributed by atoms with Crippen molar-refractivity contribution in [3.05, 3.63) is 24.3 Å². The molecule has 1 saturated carbocycles. The number of nitrogens with one attached hydrogen (secondary N) is 2. The van der Waals surface area contributed by atoms with Crippen LogP contribution in [0.25, 0.3) is 0 Å². The lowest BCUT2D eigenvalue weighted by molar-refractivity contribution is 0.145. The highest BCUT2D eigenvalue weighted by Crippen LogP contribution is 2.26. The van der Waals surface area contributed by atoms with Crippen LogP contribution < -0.4 is 15.4 Å². The van der Waals surface area contributed by atoms with Gasteiger partial charge in [-0.3, -0.25) is 9.89 Å². The number of halogens is 1. The summed E-state index contributed by atoms with van der Waals surface area (Å²) in [6.45, 7) is 7.69. The van der Waals surface area contributed by atoms with Crippen molar-refractivity contribution < 1.29 is 14.2 Å². The van der Waals surface area contributed by atoms with E-state index in [0.717, 1.165) is 56.6 Å². The first-order valence-electron chi connectivity index (χ1n) is 10.3. The summed E-state index contributed by atoms with van der Waals surface area (Å²) in [5.41, 5.74) is 0.961. The predicted molar refractivity (Wildman–Crippen MR) is 130 cm³/mol. The number of hydrogen-bond donors (Lipinski definition) is 2. The van der Waals surface area contributed by atoms with Crippen LogP contribution in [-0.2, 0) is 9.47 Å². The third-order valence-corrected chi connectivity index (χ3v) is 4.51. The Morgan fingerprint density at radius 3 is 2.62 bits per heavy atom. The van der Waals surface area contributed by atoms with Crippen molar-refractivity contribution >= 4 is 35.6 Å². The zero-order valence-electron chi connectivity index (χ0n) is 18.0. The van der Waals surface area contributed by atoms with Crippen molar-refractivity contribution in [3.8, 4) is 5.75 Å². The van der Waals surface area contributed by atoms with Crippen molar-refractivity contribution in [2.45, 2.75) is 32.2 Å². The van der Waals surface area contributed by atoms with Gasteiger partial charge in [0.25, 0.3) is 0 Å². The smallest absolute Gasteiger partial charge is 0.195 e. The zero-order valence-corrected chi connectivity index (χ0v) is 20.3. The maximum atomic E-state index is 5.77. The largest absolute Gasteiger partial charge is 0.493 e. The lowest BCUT2D eigenvalue weighted by atomic mass is 10.3. The fourth-order valence-corrected chi connectivity index (χ4v) is 2.92. The Balaban J connectivity index is 0.00000420. The maximum absolute atomic E-state index is 5.77. The van der Waals surface area contributed by atoms with E-state index in [2.05, 4.69) is 22.5 Å². The molecule has 0 saturated heterocycles. The number of aliphatic imine (C=N–C) groups is 1. The molecule has 0 aliphatic heterocycles. The number of benzene rings is 1. The predicted octanol–water partition coefficient (Wildman–Crippen LogP) is 3.21. The number of hydrogen-bond acceptors (Lipinski definition) is 5. The van der Waals surface area contributed by atoms with Gasteiger partial charge in [0, 0.05) is 64.7 Å². The molecule has 0 heterocycles. The van der Waals surface area contributed by atoms with Crippen LogP contribution in [0.5, 0.6) is 5.75 Å². The van der Waals surface area contributed by atoms with E-state index in [0.29, 0.717) is 19.3 Å². The standard InChI is InChI=1S/C21H36N4O3.HI/c1-4-22-21(23-11-12-25(13-16-27-3)19-9-10-19)24-18-7-5-8-20(17-18)28-15-6-14-26-2;/h5,7-8,17,19H,4,6,9-16H2,1-3H3,(H2,22,23,24);1H. The van der Waals surface area contributed by atoms with Crippen molar-refractivity contribution in [3.63, 3.8) is 0 Å². The molecule has 0 bridgehead atoms. The van der Waals surface area contributed by atoms with Crippen LogP contribution >= 0.6 is 24.0 Å². The molecule has 1 aliphatic carbocycles. The number of rotatable bonds is 14. The van der Waals surface area contributed by atoms with E-state index in [4.69, 9.17) is 19.2 Å². The van der Waals surface area contributed by atoms with E-state index in [1.807, 2.05) is 24.3 Å². The fourth-order valence-electron chi connectivity index (χ4n) is 2.92. The molecule has 2 N–H and O–H groups in total. The molecule has 0 amide bonds. The average Bonchev–Trinajstić information content (AvgIpc) is 3.53. The van der Waals surface area contributed by atoms with Crippen LogP contribution in [0.2, 0.25) is 0 Å². The second-order valence-corrected chi connectivity index (χ2v) is 6.87. The van der Waals surface area contributed by atoms with Gasteiger partial charge >= 0.3 is 0 Å². The highest BCUT2D eigenvalue weighted by atomic mass is 127. The summed E-state index contributed by atoms with van der Waals surface area (Å²) in [7, 11) is 3.46. The van der Waals surface area contributed by atoms with Crippen LogP contribution in [0.4, 0.5) is 5.69 Å². The van der Waals surface area contributed by atoms with Crippen LogP contribution in [0.1, 0.15) is 26.2 Å². The molecule has 29 heavy (non-hydrogen) atoms. The van der Waals surface area contributed by atoms with E-state index in [1.165, 1.54) is 12.8 Å². The summed E-state index contributed by atoms with van der Waals surface area (Å²) in [5, 5.41) is 6.69. The fraction of sp³-hybridized carbons (Fsp3) is 0.667. The van der Waals surface area contributed by atoms with Crippen LogP contribution in [0, 0.1) is 0 Å². The van der Waals surface area contributed by atoms with Gasteiger partial charge in [-0.25, -0.2) is 0 Å². The molecule has 0 atom stereocenters. The zero-order chi connectivity index (χ0) is 20.0. The van der Waals surface area contributed by atoms with Gasteiger partial charge in [0.2, 0.25) is 0 Å². The second kappa shape index (κ2) is 15.7. The summed E-state index contributed by atoms with van der Waals surface area (Å²) < 4.78 is 16.1. The third kappa shape index (κ3) is 11.0. The van der Waals surface area contributed by atoms with Gasteiger partial charge in [-0.1, -0.05) is 6.07 Å². The molecule has 1 fully saturated rings. The Bertz CT molecular complexity index is 585. The molecule has 0 unspecified atom stereocenters. The first kappa shape index (κ1) is 25.9. The topological polar surface area (TPSA) is 67.4 Å². The normalized spacial score (nSPS) is 13.9. The van der Waals surface area contributed by atoms with E-state index < -0.39 is 0 Å². The lowest BCUT2D eigenvalue weighted by Crippen LogP contribution is -2.34. The summed E-state index contributed by atoms with van der Waals surface area (Å²) in [4.78, 5) is 7.21. The molecule has 1 aromatic carbocycles. The van der Waals surface area contributed by atoms with Crippen molar-refractivity contribution in [2.75, 3.05) is 65.5 Å². The molecule has 0 aromatic heterocycles. The van der Waals surface area contributed by atoms with E-state index in [9.17, 15) is 0 Å². The summed E-state index contributed by atoms with van der Waals surface area (Å²) in [5.74, 6) is 1.64. The molecular formula is C21H37IN4O3. The molecule has 166 valence electrons. The first-order chi connectivity index (χ1) is 13.8. The summed E-state index contributed by atoms with van der Waals surface area (Å²) >= 11 is 0. The Labute approximate surface area is 192 Å². The highest BCUT2D eigenvalue weighted by molar-refractivity contribution is 14.0. The summed E-state index contributed by atoms with van der Waals surface area (Å²) in [6.07, 6.45) is 3.46. The van der Waals surface area contributed by atoms with Gasteiger partial charge in [0.1, 0.15) is 5.75 Å². The monoisotopic (exact) mass is 520 g/mol. The van der Waals surface area contributed by atoms with Gasteiger partial charge in [-0.2, -0.15) is 0 Å². The number of ether oxygens (including phenoxy) is 3. The molecule has 0 radical (unpaired) electrons. The molecule has 2 rings (SSSR count). The van der Waals surface area contributed by atoms with E-state index >= 15 is 0 Å². The Hall–Kier alpha value is -1.10. The SMILES string of the molecule is CCNC(=NCCN(CCOC)C1CC1)Nc1cccc(OCCCOC)c1.I. The number of guanidine groups is 1. The van der Waals surface area contributed by atoms with Crippen LogP contribution in [0.15, 0.2) is 29.3 Å². The Morgan fingerprint density at radius 2 is 1.93 bits per heavy atom. The van der Waals surface area contributed by atoms with Gasteiger partial charge in [-0.05, 0) is 31.9 Å². The number of methoxy groups -OCH3 is 2. The van der Waals surface area contributed by atoms with Gasteiger partial charge in [-0.15, -0.1) is 24.0 Å². The van der Waals surface area contributed by atoms with E-state index in [-0.39, 0.29) is 24.0 Å². The van der Waals surface area contributed by atoms with E-state index in [1.54, 1.807) is 14.2 Å². The van der Waals surface area contributed by atoms with Crippen molar-refractivity contribution in [1.29, 1.82) is 0 Å². The minimum absolute atomic E-state index is 0. The Morgan fingerprint density at radius 1 is 1.14 bits per heavy atom. The lowest BCUT2D eigenvalue weighted by Gasteiger charge is -2.20. The van der Waals surface area contributed by atoms with Gasteiger partial charge < -0.3 is 24.8 Å². The molecular weight excluding hydrogens is 483 g/mol. The Kier molecular flexibility index (Phi) is 14.0. The van der Waals surface area contributed by atoms with Gasteiger partial charge in [0.15, 0.2) is 5.96 Å². The van der Waals surface area contributed by atoms with Crippen molar-refractivity contribution in [2.24, 2.45) is 4.99 Å². The number of nitrogens with zero attached hydrogens (tertiary/aromatic N) is 2. The maximum Gasteiger partial charge on any atom is 0.195 e. The first-order valence-corrected chi connectivity index (χ1v) is 10.3. The third-order valence-electron chi connectivity index (χ3n) is 4.51. The van der Waals surface area contributed by atoms with Gasteiger partial charge in [0.05, 0.1) is 19.8 Å². The minimum atomic E-state index is 0. The number of anilines is 1. The van der Waals surface area contributed by atoms with Crippen LogP contribution in [0.3, 0.4) is 0 Å². The molecule has 8 heteroatoms. The summed E-state index contributed by atoms with van der Waals surface area (Å²) in [6, 6.07) is 8.68. The molecule has 7 nitrogen and oxygen atoms in total. The quantitative estimate of drug-likeness (QED) is 0.170. The molecule has 0 spiro atoms. The average molecular weight is 520 g/mol.